The summed E-state index contributed by atoms with van der Waals surface area (Å²) < 4.78 is 1.79. The fraction of sp³-hybridized carbons (Fsp3) is 0.208. The first-order valence-electron chi connectivity index (χ1n) is 10.2. The summed E-state index contributed by atoms with van der Waals surface area (Å²) in [5.74, 6) is 0.0912. The van der Waals surface area contributed by atoms with Gasteiger partial charge in [0.25, 0.3) is 5.91 Å². The van der Waals surface area contributed by atoms with Gasteiger partial charge in [0.15, 0.2) is 0 Å². The van der Waals surface area contributed by atoms with Crippen LogP contribution in [0, 0.1) is 0 Å². The lowest BCUT2D eigenvalue weighted by atomic mass is 10.1. The van der Waals surface area contributed by atoms with Crippen LogP contribution in [-0.2, 0) is 6.54 Å². The second-order valence-corrected chi connectivity index (χ2v) is 7.56. The van der Waals surface area contributed by atoms with Gasteiger partial charge in [0.05, 0.1) is 11.2 Å². The molecule has 1 saturated heterocycles. The van der Waals surface area contributed by atoms with Gasteiger partial charge in [-0.2, -0.15) is 5.10 Å². The lowest BCUT2D eigenvalue weighted by molar-refractivity contribution is 0.0629. The Labute approximate surface area is 175 Å². The van der Waals surface area contributed by atoms with E-state index in [9.17, 15) is 4.79 Å². The Morgan fingerprint density at radius 3 is 2.43 bits per heavy atom. The number of amides is 1. The number of piperazine rings is 1. The topological polar surface area (TPSA) is 54.3 Å². The van der Waals surface area contributed by atoms with Crippen molar-refractivity contribution in [3.63, 3.8) is 0 Å². The van der Waals surface area contributed by atoms with Gasteiger partial charge in [0.1, 0.15) is 0 Å². The number of rotatable bonds is 4. The highest BCUT2D eigenvalue weighted by Gasteiger charge is 2.22. The molecule has 0 atom stereocenters. The van der Waals surface area contributed by atoms with E-state index in [0.29, 0.717) is 0 Å². The summed E-state index contributed by atoms with van der Waals surface area (Å²) >= 11 is 0. The van der Waals surface area contributed by atoms with Crippen LogP contribution in [0.3, 0.4) is 0 Å². The average molecular weight is 397 g/mol. The lowest BCUT2D eigenvalue weighted by Crippen LogP contribution is -2.48. The fourth-order valence-corrected chi connectivity index (χ4v) is 4.01. The molecular formula is C24H23N5O. The molecule has 1 aliphatic heterocycles. The van der Waals surface area contributed by atoms with Gasteiger partial charge in [0, 0.05) is 62.3 Å². The number of benzene rings is 2. The number of pyridine rings is 1. The van der Waals surface area contributed by atoms with Gasteiger partial charge in [-0.25, -0.2) is 4.68 Å². The van der Waals surface area contributed by atoms with Crippen LogP contribution in [0.5, 0.6) is 0 Å². The quantitative estimate of drug-likeness (QED) is 0.530. The van der Waals surface area contributed by atoms with Crippen molar-refractivity contribution < 1.29 is 4.79 Å². The van der Waals surface area contributed by atoms with Gasteiger partial charge in [0.2, 0.25) is 0 Å². The maximum absolute atomic E-state index is 12.9. The van der Waals surface area contributed by atoms with Crippen LogP contribution < -0.4 is 0 Å². The summed E-state index contributed by atoms with van der Waals surface area (Å²) in [6.45, 7) is 4.05. The van der Waals surface area contributed by atoms with E-state index in [0.717, 1.165) is 49.5 Å². The van der Waals surface area contributed by atoms with E-state index in [4.69, 9.17) is 0 Å². The van der Waals surface area contributed by atoms with Crippen LogP contribution in [0.2, 0.25) is 0 Å². The van der Waals surface area contributed by atoms with E-state index in [1.54, 1.807) is 10.9 Å². The highest BCUT2D eigenvalue weighted by Crippen LogP contribution is 2.19. The molecule has 0 spiro atoms. The van der Waals surface area contributed by atoms with Crippen molar-refractivity contribution in [1.82, 2.24) is 24.6 Å². The molecule has 3 heterocycles. The molecule has 0 unspecified atom stereocenters. The van der Waals surface area contributed by atoms with Crippen molar-refractivity contribution in [2.45, 2.75) is 6.54 Å². The van der Waals surface area contributed by atoms with Crippen LogP contribution in [0.1, 0.15) is 15.9 Å². The number of hydrogen-bond donors (Lipinski definition) is 0. The molecule has 0 radical (unpaired) electrons. The Morgan fingerprint density at radius 1 is 0.867 bits per heavy atom. The molecule has 0 aliphatic carbocycles. The summed E-state index contributed by atoms with van der Waals surface area (Å²) in [6.07, 6.45) is 5.48. The Kier molecular flexibility index (Phi) is 4.99. The molecule has 6 heteroatoms. The molecule has 0 N–H and O–H groups in total. The first kappa shape index (κ1) is 18.5. The predicted molar refractivity (Wildman–Crippen MR) is 116 cm³/mol. The van der Waals surface area contributed by atoms with Crippen LogP contribution in [0.4, 0.5) is 0 Å². The molecule has 1 amide bonds. The molecule has 5 rings (SSSR count). The molecular weight excluding hydrogens is 374 g/mol. The van der Waals surface area contributed by atoms with Gasteiger partial charge in [-0.15, -0.1) is 0 Å². The van der Waals surface area contributed by atoms with Gasteiger partial charge in [-0.05, 0) is 42.0 Å². The molecule has 1 aliphatic rings. The first-order chi connectivity index (χ1) is 14.8. The minimum atomic E-state index is 0.0912. The van der Waals surface area contributed by atoms with Crippen molar-refractivity contribution in [1.29, 1.82) is 0 Å². The standard InChI is InChI=1S/C24H23N5O/c30-24(20-7-9-22(10-8-20)29-13-3-12-26-29)28-16-14-27(15-17-28)18-21-5-1-4-19-6-2-11-25-23(19)21/h1-13H,14-18H2. The van der Waals surface area contributed by atoms with E-state index in [-0.39, 0.29) is 5.91 Å². The molecule has 0 saturated carbocycles. The SMILES string of the molecule is O=C(c1ccc(-n2cccn2)cc1)N1CCN(Cc2cccc3cccnc23)CC1. The largest absolute Gasteiger partial charge is 0.336 e. The molecule has 2 aromatic carbocycles. The van der Waals surface area contributed by atoms with Gasteiger partial charge >= 0.3 is 0 Å². The smallest absolute Gasteiger partial charge is 0.253 e. The number of aromatic nitrogens is 3. The third-order valence-corrected chi connectivity index (χ3v) is 5.65. The van der Waals surface area contributed by atoms with Crippen LogP contribution >= 0.6 is 0 Å². The summed E-state index contributed by atoms with van der Waals surface area (Å²) in [5.41, 5.74) is 3.97. The summed E-state index contributed by atoms with van der Waals surface area (Å²) in [7, 11) is 0. The molecule has 4 aromatic rings. The molecule has 30 heavy (non-hydrogen) atoms. The van der Waals surface area contributed by atoms with Gasteiger partial charge < -0.3 is 4.90 Å². The number of fused-ring (bicyclic) bond motifs is 1. The Hall–Kier alpha value is -3.51. The monoisotopic (exact) mass is 397 g/mol. The van der Waals surface area contributed by atoms with E-state index in [2.05, 4.69) is 39.2 Å². The maximum Gasteiger partial charge on any atom is 0.253 e. The Bertz CT molecular complexity index is 1140. The number of carbonyl (C=O) groups is 1. The number of carbonyl (C=O) groups excluding carboxylic acids is 1. The fourth-order valence-electron chi connectivity index (χ4n) is 4.01. The van der Waals surface area contributed by atoms with Gasteiger partial charge in [-0.3, -0.25) is 14.7 Å². The summed E-state index contributed by atoms with van der Waals surface area (Å²) in [4.78, 5) is 21.8. The zero-order valence-corrected chi connectivity index (χ0v) is 16.7. The first-order valence-corrected chi connectivity index (χ1v) is 10.2. The van der Waals surface area contributed by atoms with E-state index < -0.39 is 0 Å². The van der Waals surface area contributed by atoms with Crippen molar-refractivity contribution in [2.75, 3.05) is 26.2 Å². The number of hydrogen-bond acceptors (Lipinski definition) is 4. The van der Waals surface area contributed by atoms with E-state index >= 15 is 0 Å². The molecule has 2 aromatic heterocycles. The molecule has 150 valence electrons. The third kappa shape index (κ3) is 3.69. The maximum atomic E-state index is 12.9. The zero-order chi connectivity index (χ0) is 20.3. The predicted octanol–water partition coefficient (Wildman–Crippen LogP) is 3.38. The van der Waals surface area contributed by atoms with Crippen LogP contribution in [0.15, 0.2) is 79.3 Å². The van der Waals surface area contributed by atoms with Crippen LogP contribution in [-0.4, -0.2) is 56.7 Å². The average Bonchev–Trinajstić information content (AvgIpc) is 3.35. The minimum Gasteiger partial charge on any atom is -0.336 e. The molecule has 6 nitrogen and oxygen atoms in total. The van der Waals surface area contributed by atoms with Crippen molar-refractivity contribution in [3.8, 4) is 5.69 Å². The summed E-state index contributed by atoms with van der Waals surface area (Å²) in [5, 5.41) is 5.39. The van der Waals surface area contributed by atoms with E-state index in [1.807, 2.05) is 53.7 Å². The highest BCUT2D eigenvalue weighted by molar-refractivity contribution is 5.94. The highest BCUT2D eigenvalue weighted by atomic mass is 16.2. The van der Waals surface area contributed by atoms with Crippen molar-refractivity contribution in [2.24, 2.45) is 0 Å². The molecule has 0 bridgehead atoms. The summed E-state index contributed by atoms with van der Waals surface area (Å²) in [6, 6.07) is 19.9. The van der Waals surface area contributed by atoms with Crippen molar-refractivity contribution in [3.05, 3.63) is 90.4 Å². The van der Waals surface area contributed by atoms with Gasteiger partial charge in [-0.1, -0.05) is 24.3 Å². The van der Waals surface area contributed by atoms with E-state index in [1.165, 1.54) is 10.9 Å². The lowest BCUT2D eigenvalue weighted by Gasteiger charge is -2.35. The zero-order valence-electron chi connectivity index (χ0n) is 16.7. The minimum absolute atomic E-state index is 0.0912. The second kappa shape index (κ2) is 8.08. The second-order valence-electron chi connectivity index (χ2n) is 7.56. The van der Waals surface area contributed by atoms with Crippen molar-refractivity contribution >= 4 is 16.8 Å². The number of nitrogens with zero attached hydrogens (tertiary/aromatic N) is 5. The third-order valence-electron chi connectivity index (χ3n) is 5.65. The Balaban J connectivity index is 1.22. The number of para-hydroxylation sites is 1. The Morgan fingerprint density at radius 2 is 1.67 bits per heavy atom. The normalized spacial score (nSPS) is 14.9. The molecule has 1 fully saturated rings. The van der Waals surface area contributed by atoms with Crippen LogP contribution in [0.25, 0.3) is 16.6 Å².